The average Bonchev–Trinajstić information content (AvgIpc) is 2.14. The molecule has 1 aliphatic rings. The van der Waals surface area contributed by atoms with E-state index in [1.807, 2.05) is 0 Å². The van der Waals surface area contributed by atoms with E-state index in [-0.39, 0.29) is 0 Å². The summed E-state index contributed by atoms with van der Waals surface area (Å²) in [7, 11) is 0. The second kappa shape index (κ2) is 5.75. The zero-order valence-electron chi connectivity index (χ0n) is 7.41. The van der Waals surface area contributed by atoms with Gasteiger partial charge in [-0.05, 0) is 19.6 Å². The van der Waals surface area contributed by atoms with Gasteiger partial charge in [0.25, 0.3) is 0 Å². The fourth-order valence-corrected chi connectivity index (χ4v) is 1.45. The minimum absolute atomic E-state index is 0.316. The Hall–Kier alpha value is -0.860. The molecule has 0 unspecified atom stereocenters. The van der Waals surface area contributed by atoms with Crippen molar-refractivity contribution in [2.45, 2.75) is 38.1 Å². The predicted molar refractivity (Wildman–Crippen MR) is 50.9 cm³/mol. The van der Waals surface area contributed by atoms with E-state index in [0.29, 0.717) is 12.8 Å². The van der Waals surface area contributed by atoms with E-state index < -0.39 is 0 Å². The molecule has 0 aromatic carbocycles. The van der Waals surface area contributed by atoms with Gasteiger partial charge in [-0.15, -0.1) is 0 Å². The largest absolute Gasteiger partial charge is 0.461 e. The molecule has 12 heavy (non-hydrogen) atoms. The molecule has 0 radical (unpaired) electrons. The topological polar surface area (TPSA) is 34.0 Å². The lowest BCUT2D eigenvalue weighted by Crippen LogP contribution is -2.09. The van der Waals surface area contributed by atoms with Crippen LogP contribution in [0.1, 0.15) is 32.1 Å². The molecule has 0 bridgehead atoms. The minimum atomic E-state index is 0.316. The van der Waals surface area contributed by atoms with Crippen molar-refractivity contribution in [3.05, 3.63) is 0 Å². The Morgan fingerprint density at radius 3 is 2.75 bits per heavy atom. The molecule has 0 aromatic heterocycles. The molecule has 0 atom stereocenters. The number of hydrogen-bond acceptors (Lipinski definition) is 3. The van der Waals surface area contributed by atoms with Crippen LogP contribution >= 0.6 is 0 Å². The highest BCUT2D eigenvalue weighted by Crippen LogP contribution is 2.19. The Balaban J connectivity index is 2.10. The Bertz CT molecular complexity index is 151. The van der Waals surface area contributed by atoms with Crippen LogP contribution in [-0.2, 0) is 4.74 Å². The van der Waals surface area contributed by atoms with Crippen LogP contribution in [0.25, 0.3) is 0 Å². The van der Waals surface area contributed by atoms with Crippen LogP contribution in [0, 0.1) is 0 Å². The highest BCUT2D eigenvalue weighted by atomic mass is 16.5. The van der Waals surface area contributed by atoms with Gasteiger partial charge in [-0.3, -0.25) is 9.98 Å². The number of rotatable bonds is 4. The third-order valence-corrected chi connectivity index (χ3v) is 2.09. The summed E-state index contributed by atoms with van der Waals surface area (Å²) in [5.74, 6) is 0. The molecule has 3 heteroatoms. The maximum Gasteiger partial charge on any atom is 0.179 e. The van der Waals surface area contributed by atoms with Crippen molar-refractivity contribution in [3.63, 3.8) is 0 Å². The molecule has 68 valence electrons. The van der Waals surface area contributed by atoms with Crippen LogP contribution in [0.15, 0.2) is 9.98 Å². The van der Waals surface area contributed by atoms with Gasteiger partial charge in [0.05, 0.1) is 6.04 Å². The molecule has 0 amide bonds. The number of aliphatic imine (C=N–C) groups is 2. The van der Waals surface area contributed by atoms with Crippen LogP contribution < -0.4 is 0 Å². The van der Waals surface area contributed by atoms with Gasteiger partial charge >= 0.3 is 0 Å². The minimum Gasteiger partial charge on any atom is -0.461 e. The van der Waals surface area contributed by atoms with E-state index in [9.17, 15) is 0 Å². The number of ether oxygens (including phenoxy) is 1. The van der Waals surface area contributed by atoms with E-state index in [0.717, 1.165) is 0 Å². The highest BCUT2D eigenvalue weighted by Gasteiger charge is 2.10. The first-order valence-electron chi connectivity index (χ1n) is 4.49. The molecule has 0 saturated heterocycles. The summed E-state index contributed by atoms with van der Waals surface area (Å²) in [5.41, 5.74) is 0. The lowest BCUT2D eigenvalue weighted by Gasteiger charge is -2.16. The van der Waals surface area contributed by atoms with Crippen molar-refractivity contribution in [1.29, 1.82) is 0 Å². The normalized spacial score (nSPS) is 19.7. The molecule has 0 aliphatic heterocycles. The van der Waals surface area contributed by atoms with Crippen molar-refractivity contribution in [2.75, 3.05) is 6.73 Å². The first-order chi connectivity index (χ1) is 5.93. The fraction of sp³-hybridized carbons (Fsp3) is 0.778. The second-order valence-corrected chi connectivity index (χ2v) is 3.07. The molecule has 3 nitrogen and oxygen atoms in total. The van der Waals surface area contributed by atoms with Gasteiger partial charge < -0.3 is 4.74 Å². The summed E-state index contributed by atoms with van der Waals surface area (Å²) in [5, 5.41) is 0. The lowest BCUT2D eigenvalue weighted by atomic mass is 9.96. The molecular weight excluding hydrogens is 152 g/mol. The Kier molecular flexibility index (Phi) is 4.42. The first-order valence-corrected chi connectivity index (χ1v) is 4.49. The number of nitrogens with zero attached hydrogens (tertiary/aromatic N) is 2. The van der Waals surface area contributed by atoms with Gasteiger partial charge in [0.2, 0.25) is 0 Å². The van der Waals surface area contributed by atoms with Crippen molar-refractivity contribution in [1.82, 2.24) is 0 Å². The van der Waals surface area contributed by atoms with Gasteiger partial charge in [0, 0.05) is 0 Å². The fourth-order valence-electron chi connectivity index (χ4n) is 1.45. The molecule has 0 aromatic rings. The van der Waals surface area contributed by atoms with Gasteiger partial charge in [-0.1, -0.05) is 19.3 Å². The Morgan fingerprint density at radius 1 is 1.33 bits per heavy atom. The zero-order valence-corrected chi connectivity index (χ0v) is 7.41. The summed E-state index contributed by atoms with van der Waals surface area (Å²) in [6.07, 6.45) is 7.91. The van der Waals surface area contributed by atoms with Crippen molar-refractivity contribution >= 4 is 13.1 Å². The van der Waals surface area contributed by atoms with E-state index in [1.54, 1.807) is 0 Å². The van der Waals surface area contributed by atoms with Gasteiger partial charge in [-0.2, -0.15) is 0 Å². The quantitative estimate of drug-likeness (QED) is 0.359. The third kappa shape index (κ3) is 3.51. The highest BCUT2D eigenvalue weighted by molar-refractivity contribution is 5.46. The molecular formula is C9H16N2O. The maximum atomic E-state index is 4.96. The van der Waals surface area contributed by atoms with E-state index in [1.165, 1.54) is 38.5 Å². The third-order valence-electron chi connectivity index (χ3n) is 2.09. The summed E-state index contributed by atoms with van der Waals surface area (Å²) in [6, 6.07) is 0.489. The summed E-state index contributed by atoms with van der Waals surface area (Å²) in [6.45, 7) is 3.62. The van der Waals surface area contributed by atoms with Gasteiger partial charge in [0.15, 0.2) is 13.1 Å². The van der Waals surface area contributed by atoms with E-state index >= 15 is 0 Å². The van der Waals surface area contributed by atoms with E-state index in [2.05, 4.69) is 16.7 Å². The summed E-state index contributed by atoms with van der Waals surface area (Å²) in [4.78, 5) is 7.84. The molecule has 1 aliphatic carbocycles. The Labute approximate surface area is 73.6 Å². The van der Waals surface area contributed by atoms with E-state index in [4.69, 9.17) is 4.74 Å². The van der Waals surface area contributed by atoms with Crippen molar-refractivity contribution < 1.29 is 4.74 Å². The maximum absolute atomic E-state index is 4.96. The average molecular weight is 168 g/mol. The molecule has 1 saturated carbocycles. The summed E-state index contributed by atoms with van der Waals surface area (Å²) >= 11 is 0. The van der Waals surface area contributed by atoms with Crippen LogP contribution in [0.3, 0.4) is 0 Å². The summed E-state index contributed by atoms with van der Waals surface area (Å²) < 4.78 is 4.96. The molecule has 0 spiro atoms. The zero-order chi connectivity index (χ0) is 8.65. The van der Waals surface area contributed by atoms with Crippen molar-refractivity contribution in [3.8, 4) is 0 Å². The SMILES string of the molecule is C=NCOC=NC1CCCCC1. The monoisotopic (exact) mass is 168 g/mol. The molecule has 1 rings (SSSR count). The predicted octanol–water partition coefficient (Wildman–Crippen LogP) is 2.02. The molecule has 0 N–H and O–H groups in total. The number of hydrogen-bond donors (Lipinski definition) is 0. The molecule has 0 heterocycles. The van der Waals surface area contributed by atoms with Crippen LogP contribution in [-0.4, -0.2) is 25.9 Å². The molecule has 1 fully saturated rings. The lowest BCUT2D eigenvalue weighted by molar-refractivity contribution is 0.328. The van der Waals surface area contributed by atoms with Gasteiger partial charge in [0.1, 0.15) is 0 Å². The first kappa shape index (κ1) is 9.23. The second-order valence-electron chi connectivity index (χ2n) is 3.07. The van der Waals surface area contributed by atoms with Crippen molar-refractivity contribution in [2.24, 2.45) is 9.98 Å². The van der Waals surface area contributed by atoms with Crippen LogP contribution in [0.4, 0.5) is 0 Å². The van der Waals surface area contributed by atoms with Crippen LogP contribution in [0.5, 0.6) is 0 Å². The smallest absolute Gasteiger partial charge is 0.179 e. The Morgan fingerprint density at radius 2 is 2.08 bits per heavy atom. The van der Waals surface area contributed by atoms with Crippen LogP contribution in [0.2, 0.25) is 0 Å². The van der Waals surface area contributed by atoms with Gasteiger partial charge in [-0.25, -0.2) is 0 Å². The standard InChI is InChI=1S/C9H16N2O/c1-10-7-12-8-11-9-5-3-2-4-6-9/h8-9H,1-7H2.